The molecule has 1 aliphatic carbocycles. The molecule has 0 aromatic heterocycles. The van der Waals surface area contributed by atoms with Crippen LogP contribution in [-0.4, -0.2) is 11.7 Å². The molecule has 0 atom stereocenters. The van der Waals surface area contributed by atoms with Crippen LogP contribution in [0.15, 0.2) is 24.3 Å². The molecule has 0 saturated heterocycles. The number of hydrogen-bond acceptors (Lipinski definition) is 2. The Bertz CT molecular complexity index is 400. The molecule has 0 bridgehead atoms. The van der Waals surface area contributed by atoms with Gasteiger partial charge in [0.05, 0.1) is 5.60 Å². The Morgan fingerprint density at radius 2 is 1.78 bits per heavy atom. The van der Waals surface area contributed by atoms with Gasteiger partial charge in [0.25, 0.3) is 0 Å². The molecule has 0 amide bonds. The maximum absolute atomic E-state index is 10.4. The van der Waals surface area contributed by atoms with Gasteiger partial charge in [0, 0.05) is 12.0 Å². The van der Waals surface area contributed by atoms with E-state index in [0.29, 0.717) is 6.54 Å². The maximum Gasteiger partial charge on any atom is 0.0843 e. The number of aliphatic hydroxyl groups is 1. The van der Waals surface area contributed by atoms with Gasteiger partial charge in [0.2, 0.25) is 0 Å². The van der Waals surface area contributed by atoms with Crippen LogP contribution in [-0.2, 0) is 11.0 Å². The Hall–Kier alpha value is -0.860. The fraction of sp³-hybridized carbons (Fsp3) is 0.625. The van der Waals surface area contributed by atoms with Gasteiger partial charge < -0.3 is 10.8 Å². The molecule has 1 fully saturated rings. The molecule has 0 unspecified atom stereocenters. The molecular weight excluding hydrogens is 222 g/mol. The normalized spacial score (nSPS) is 19.8. The summed E-state index contributed by atoms with van der Waals surface area (Å²) < 4.78 is 0. The third kappa shape index (κ3) is 2.45. The van der Waals surface area contributed by atoms with E-state index in [0.717, 1.165) is 18.4 Å². The molecule has 1 aliphatic rings. The third-order valence-electron chi connectivity index (χ3n) is 4.36. The summed E-state index contributed by atoms with van der Waals surface area (Å²) in [7, 11) is 0. The lowest BCUT2D eigenvalue weighted by Gasteiger charge is -2.40. The number of hydrogen-bond donors (Lipinski definition) is 2. The topological polar surface area (TPSA) is 46.2 Å². The molecule has 0 radical (unpaired) electrons. The van der Waals surface area contributed by atoms with E-state index >= 15 is 0 Å². The van der Waals surface area contributed by atoms with Gasteiger partial charge in [-0.25, -0.2) is 0 Å². The average molecular weight is 247 g/mol. The highest BCUT2D eigenvalue weighted by atomic mass is 16.3. The van der Waals surface area contributed by atoms with Crippen LogP contribution in [0.4, 0.5) is 0 Å². The molecule has 18 heavy (non-hydrogen) atoms. The lowest BCUT2D eigenvalue weighted by Crippen LogP contribution is -2.39. The molecule has 2 rings (SSSR count). The highest BCUT2D eigenvalue weighted by Gasteiger charge is 2.36. The van der Waals surface area contributed by atoms with E-state index in [4.69, 9.17) is 5.73 Å². The van der Waals surface area contributed by atoms with Crippen LogP contribution in [0, 0.1) is 0 Å². The quantitative estimate of drug-likeness (QED) is 0.862. The first-order valence-corrected chi connectivity index (χ1v) is 7.02. The summed E-state index contributed by atoms with van der Waals surface area (Å²) >= 11 is 0. The van der Waals surface area contributed by atoms with Gasteiger partial charge in [-0.1, -0.05) is 43.5 Å². The first-order chi connectivity index (χ1) is 8.49. The number of benzene rings is 1. The second-order valence-corrected chi connectivity index (χ2v) is 6.15. The van der Waals surface area contributed by atoms with Crippen molar-refractivity contribution in [1.29, 1.82) is 0 Å². The molecule has 0 aliphatic heterocycles. The summed E-state index contributed by atoms with van der Waals surface area (Å²) in [5.74, 6) is 0. The van der Waals surface area contributed by atoms with Crippen LogP contribution in [0.3, 0.4) is 0 Å². The Morgan fingerprint density at radius 3 is 2.33 bits per heavy atom. The molecule has 1 aromatic carbocycles. The van der Waals surface area contributed by atoms with Crippen LogP contribution < -0.4 is 5.73 Å². The van der Waals surface area contributed by atoms with Crippen molar-refractivity contribution in [1.82, 2.24) is 0 Å². The van der Waals surface area contributed by atoms with Crippen molar-refractivity contribution in [2.45, 2.75) is 57.0 Å². The lowest BCUT2D eigenvalue weighted by molar-refractivity contribution is 0.0754. The predicted octanol–water partition coefficient (Wildman–Crippen LogP) is 3.07. The van der Waals surface area contributed by atoms with Crippen molar-refractivity contribution in [3.63, 3.8) is 0 Å². The highest BCUT2D eigenvalue weighted by molar-refractivity contribution is 5.38. The molecular formula is C16H25NO. The SMILES string of the molecule is CC(C)(O)c1ccccc1C1(CN)CCCCC1. The summed E-state index contributed by atoms with van der Waals surface area (Å²) in [6, 6.07) is 8.27. The molecule has 2 nitrogen and oxygen atoms in total. The molecule has 0 spiro atoms. The van der Waals surface area contributed by atoms with Gasteiger partial charge >= 0.3 is 0 Å². The molecule has 100 valence electrons. The predicted molar refractivity (Wildman–Crippen MR) is 75.5 cm³/mol. The fourth-order valence-electron chi connectivity index (χ4n) is 3.29. The minimum atomic E-state index is -0.795. The fourth-order valence-corrected chi connectivity index (χ4v) is 3.29. The van der Waals surface area contributed by atoms with E-state index in [2.05, 4.69) is 12.1 Å². The van der Waals surface area contributed by atoms with Crippen molar-refractivity contribution in [3.8, 4) is 0 Å². The van der Waals surface area contributed by atoms with Crippen molar-refractivity contribution in [2.24, 2.45) is 5.73 Å². The highest BCUT2D eigenvalue weighted by Crippen LogP contribution is 2.42. The van der Waals surface area contributed by atoms with Crippen LogP contribution >= 0.6 is 0 Å². The van der Waals surface area contributed by atoms with E-state index in [9.17, 15) is 5.11 Å². The summed E-state index contributed by atoms with van der Waals surface area (Å²) in [6.07, 6.45) is 6.11. The largest absolute Gasteiger partial charge is 0.386 e. The van der Waals surface area contributed by atoms with Gasteiger partial charge in [-0.2, -0.15) is 0 Å². The Labute approximate surface area is 110 Å². The van der Waals surface area contributed by atoms with E-state index in [1.54, 1.807) is 0 Å². The van der Waals surface area contributed by atoms with Crippen molar-refractivity contribution in [3.05, 3.63) is 35.4 Å². The Morgan fingerprint density at radius 1 is 1.17 bits per heavy atom. The third-order valence-corrected chi connectivity index (χ3v) is 4.36. The van der Waals surface area contributed by atoms with Gasteiger partial charge in [0.1, 0.15) is 0 Å². The number of rotatable bonds is 3. The zero-order valence-corrected chi connectivity index (χ0v) is 11.6. The van der Waals surface area contributed by atoms with E-state index < -0.39 is 5.60 Å². The summed E-state index contributed by atoms with van der Waals surface area (Å²) in [6.45, 7) is 4.40. The molecule has 1 saturated carbocycles. The van der Waals surface area contributed by atoms with Gasteiger partial charge in [-0.3, -0.25) is 0 Å². The van der Waals surface area contributed by atoms with Crippen LogP contribution in [0.5, 0.6) is 0 Å². The summed E-state index contributed by atoms with van der Waals surface area (Å²) in [4.78, 5) is 0. The molecule has 3 N–H and O–H groups in total. The smallest absolute Gasteiger partial charge is 0.0843 e. The van der Waals surface area contributed by atoms with E-state index in [1.807, 2.05) is 26.0 Å². The minimum absolute atomic E-state index is 0.0782. The first-order valence-electron chi connectivity index (χ1n) is 7.02. The average Bonchev–Trinajstić information content (AvgIpc) is 2.38. The Kier molecular flexibility index (Phi) is 3.79. The van der Waals surface area contributed by atoms with Gasteiger partial charge in [-0.15, -0.1) is 0 Å². The van der Waals surface area contributed by atoms with Crippen molar-refractivity contribution < 1.29 is 5.11 Å². The van der Waals surface area contributed by atoms with E-state index in [-0.39, 0.29) is 5.41 Å². The number of nitrogens with two attached hydrogens (primary N) is 1. The van der Waals surface area contributed by atoms with Crippen LogP contribution in [0.2, 0.25) is 0 Å². The zero-order valence-electron chi connectivity index (χ0n) is 11.6. The monoisotopic (exact) mass is 247 g/mol. The molecule has 2 heteroatoms. The van der Waals surface area contributed by atoms with Gasteiger partial charge in [0.15, 0.2) is 0 Å². The molecule has 0 heterocycles. The summed E-state index contributed by atoms with van der Waals surface area (Å²) in [5.41, 5.74) is 7.69. The van der Waals surface area contributed by atoms with Crippen molar-refractivity contribution >= 4 is 0 Å². The van der Waals surface area contributed by atoms with Crippen molar-refractivity contribution in [2.75, 3.05) is 6.54 Å². The van der Waals surface area contributed by atoms with Crippen LogP contribution in [0.25, 0.3) is 0 Å². The standard InChI is InChI=1S/C16H25NO/c1-15(2,18)13-8-4-5-9-14(13)16(12-17)10-6-3-7-11-16/h4-5,8-9,18H,3,6-7,10-12,17H2,1-2H3. The van der Waals surface area contributed by atoms with Crippen LogP contribution in [0.1, 0.15) is 57.1 Å². The lowest BCUT2D eigenvalue weighted by atomic mass is 9.67. The van der Waals surface area contributed by atoms with E-state index in [1.165, 1.54) is 24.8 Å². The second-order valence-electron chi connectivity index (χ2n) is 6.15. The Balaban J connectivity index is 2.48. The minimum Gasteiger partial charge on any atom is -0.386 e. The maximum atomic E-state index is 10.4. The second kappa shape index (κ2) is 5.02. The zero-order chi connectivity index (χ0) is 13.2. The molecule has 1 aromatic rings. The van der Waals surface area contributed by atoms with Gasteiger partial charge in [-0.05, 0) is 37.8 Å². The first kappa shape index (κ1) is 13.6. The summed E-state index contributed by atoms with van der Waals surface area (Å²) in [5, 5.41) is 10.4.